The molecule has 3 heteroatoms. The van der Waals surface area contributed by atoms with Crippen molar-refractivity contribution < 1.29 is 4.74 Å². The summed E-state index contributed by atoms with van der Waals surface area (Å²) in [5, 5.41) is 0. The Morgan fingerprint density at radius 3 is 2.33 bits per heavy atom. The van der Waals surface area contributed by atoms with E-state index in [9.17, 15) is 0 Å². The summed E-state index contributed by atoms with van der Waals surface area (Å²) < 4.78 is 5.92. The van der Waals surface area contributed by atoms with Gasteiger partial charge in [0.05, 0.1) is 6.61 Å². The number of ether oxygens (including phenoxy) is 1. The van der Waals surface area contributed by atoms with Crippen molar-refractivity contribution in [2.24, 2.45) is 5.73 Å². The summed E-state index contributed by atoms with van der Waals surface area (Å²) in [5.74, 6) is 1.01. The maximum Gasteiger partial charge on any atom is 0.119 e. The monoisotopic (exact) mass is 288 g/mol. The lowest BCUT2D eigenvalue weighted by Crippen LogP contribution is -2.47. The molecule has 0 spiro atoms. The van der Waals surface area contributed by atoms with Gasteiger partial charge in [-0.3, -0.25) is 4.90 Å². The van der Waals surface area contributed by atoms with Crippen LogP contribution in [0.15, 0.2) is 18.2 Å². The highest BCUT2D eigenvalue weighted by Gasteiger charge is 2.38. The van der Waals surface area contributed by atoms with Crippen LogP contribution in [0.4, 0.5) is 0 Å². The van der Waals surface area contributed by atoms with Crippen molar-refractivity contribution in [2.45, 2.75) is 64.1 Å². The standard InChI is InChI=1S/C18H28N2O/c1-13-8-14(2)10-18(9-13)21-7-3-6-20-16-4-5-17(20)12-15(19)11-16/h8-10,15-17H,3-7,11-12,19H2,1-2H3. The fraction of sp³-hybridized carbons (Fsp3) is 0.667. The van der Waals surface area contributed by atoms with Crippen LogP contribution in [0.5, 0.6) is 5.75 Å². The Balaban J connectivity index is 1.44. The van der Waals surface area contributed by atoms with E-state index in [1.807, 2.05) is 0 Å². The van der Waals surface area contributed by atoms with Crippen LogP contribution >= 0.6 is 0 Å². The molecule has 116 valence electrons. The normalized spacial score (nSPS) is 28.8. The average Bonchev–Trinajstić information content (AvgIpc) is 2.65. The fourth-order valence-corrected chi connectivity index (χ4v) is 4.13. The topological polar surface area (TPSA) is 38.5 Å². The molecule has 0 saturated carbocycles. The van der Waals surface area contributed by atoms with Gasteiger partial charge in [-0.25, -0.2) is 0 Å². The summed E-state index contributed by atoms with van der Waals surface area (Å²) in [4.78, 5) is 2.69. The first-order chi connectivity index (χ1) is 10.1. The molecule has 1 aromatic rings. The SMILES string of the molecule is Cc1cc(C)cc(OCCCN2C3CCC2CC(N)C3)c1. The summed E-state index contributed by atoms with van der Waals surface area (Å²) in [5.41, 5.74) is 8.67. The van der Waals surface area contributed by atoms with Gasteiger partial charge in [-0.15, -0.1) is 0 Å². The van der Waals surface area contributed by atoms with Crippen LogP contribution in [0.2, 0.25) is 0 Å². The molecule has 2 bridgehead atoms. The molecule has 3 nitrogen and oxygen atoms in total. The number of aryl methyl sites for hydroxylation is 2. The minimum atomic E-state index is 0.435. The third-order valence-electron chi connectivity index (χ3n) is 4.95. The molecule has 0 aliphatic carbocycles. The number of hydrogen-bond donors (Lipinski definition) is 1. The van der Waals surface area contributed by atoms with Crippen LogP contribution in [0.25, 0.3) is 0 Å². The Labute approximate surface area is 128 Å². The number of hydrogen-bond acceptors (Lipinski definition) is 3. The van der Waals surface area contributed by atoms with E-state index in [4.69, 9.17) is 10.5 Å². The molecule has 2 aliphatic heterocycles. The van der Waals surface area contributed by atoms with Crippen molar-refractivity contribution in [1.29, 1.82) is 0 Å². The molecule has 21 heavy (non-hydrogen) atoms. The zero-order valence-corrected chi connectivity index (χ0v) is 13.3. The van der Waals surface area contributed by atoms with E-state index >= 15 is 0 Å². The molecule has 0 radical (unpaired) electrons. The average molecular weight is 288 g/mol. The van der Waals surface area contributed by atoms with Crippen LogP contribution in [-0.4, -0.2) is 36.2 Å². The van der Waals surface area contributed by atoms with E-state index in [2.05, 4.69) is 36.9 Å². The van der Waals surface area contributed by atoms with E-state index in [0.29, 0.717) is 6.04 Å². The fourth-order valence-electron chi connectivity index (χ4n) is 4.13. The van der Waals surface area contributed by atoms with Crippen molar-refractivity contribution in [3.05, 3.63) is 29.3 Å². The van der Waals surface area contributed by atoms with E-state index < -0.39 is 0 Å². The van der Waals surface area contributed by atoms with Gasteiger partial charge in [0.25, 0.3) is 0 Å². The largest absolute Gasteiger partial charge is 0.494 e. The highest BCUT2D eigenvalue weighted by molar-refractivity contribution is 5.32. The summed E-state index contributed by atoms with van der Waals surface area (Å²) in [6.07, 6.45) is 6.17. The molecule has 2 fully saturated rings. The molecule has 2 heterocycles. The number of rotatable bonds is 5. The minimum absolute atomic E-state index is 0.435. The zero-order chi connectivity index (χ0) is 14.8. The molecule has 3 rings (SSSR count). The number of nitrogens with zero attached hydrogens (tertiary/aromatic N) is 1. The predicted molar refractivity (Wildman–Crippen MR) is 86.8 cm³/mol. The molecular weight excluding hydrogens is 260 g/mol. The molecular formula is C18H28N2O. The maximum atomic E-state index is 6.13. The van der Waals surface area contributed by atoms with Crippen LogP contribution in [0.1, 0.15) is 43.2 Å². The summed E-state index contributed by atoms with van der Waals surface area (Å²) >= 11 is 0. The lowest BCUT2D eigenvalue weighted by Gasteiger charge is -2.37. The molecule has 2 saturated heterocycles. The van der Waals surface area contributed by atoms with Gasteiger partial charge in [-0.05, 0) is 69.2 Å². The Morgan fingerprint density at radius 1 is 1.10 bits per heavy atom. The molecule has 2 unspecified atom stereocenters. The second-order valence-corrected chi connectivity index (χ2v) is 6.88. The van der Waals surface area contributed by atoms with E-state index in [-0.39, 0.29) is 0 Å². The molecule has 0 aromatic heterocycles. The van der Waals surface area contributed by atoms with Crippen molar-refractivity contribution in [3.63, 3.8) is 0 Å². The molecule has 2 aliphatic rings. The summed E-state index contributed by atoms with van der Waals surface area (Å²) in [6.45, 7) is 6.21. The van der Waals surface area contributed by atoms with Gasteiger partial charge in [0.2, 0.25) is 0 Å². The van der Waals surface area contributed by atoms with Crippen LogP contribution < -0.4 is 10.5 Å². The van der Waals surface area contributed by atoms with Crippen molar-refractivity contribution in [2.75, 3.05) is 13.2 Å². The quantitative estimate of drug-likeness (QED) is 0.846. The Bertz CT molecular complexity index is 454. The van der Waals surface area contributed by atoms with Crippen molar-refractivity contribution >= 4 is 0 Å². The van der Waals surface area contributed by atoms with Crippen molar-refractivity contribution in [1.82, 2.24) is 4.90 Å². The molecule has 1 aromatic carbocycles. The first kappa shape index (κ1) is 14.9. The highest BCUT2D eigenvalue weighted by atomic mass is 16.5. The number of fused-ring (bicyclic) bond motifs is 2. The van der Waals surface area contributed by atoms with Gasteiger partial charge in [0.15, 0.2) is 0 Å². The maximum absolute atomic E-state index is 6.13. The first-order valence-corrected chi connectivity index (χ1v) is 8.34. The Kier molecular flexibility index (Phi) is 4.51. The number of nitrogens with two attached hydrogens (primary N) is 1. The molecule has 2 N–H and O–H groups in total. The van der Waals surface area contributed by atoms with E-state index in [1.54, 1.807) is 0 Å². The van der Waals surface area contributed by atoms with Gasteiger partial charge in [-0.2, -0.15) is 0 Å². The van der Waals surface area contributed by atoms with E-state index in [1.165, 1.54) is 36.8 Å². The summed E-state index contributed by atoms with van der Waals surface area (Å²) in [7, 11) is 0. The minimum Gasteiger partial charge on any atom is -0.494 e. The molecule has 0 amide bonds. The predicted octanol–water partition coefficient (Wildman–Crippen LogP) is 3.03. The van der Waals surface area contributed by atoms with Gasteiger partial charge >= 0.3 is 0 Å². The van der Waals surface area contributed by atoms with Crippen LogP contribution in [0, 0.1) is 13.8 Å². The number of benzene rings is 1. The zero-order valence-electron chi connectivity index (χ0n) is 13.3. The molecule has 2 atom stereocenters. The Hall–Kier alpha value is -1.06. The lowest BCUT2D eigenvalue weighted by molar-refractivity contribution is 0.119. The first-order valence-electron chi connectivity index (χ1n) is 8.34. The van der Waals surface area contributed by atoms with Crippen molar-refractivity contribution in [3.8, 4) is 5.75 Å². The second kappa shape index (κ2) is 6.37. The van der Waals surface area contributed by atoms with Crippen LogP contribution in [0.3, 0.4) is 0 Å². The van der Waals surface area contributed by atoms with E-state index in [0.717, 1.165) is 37.4 Å². The second-order valence-electron chi connectivity index (χ2n) is 6.88. The van der Waals surface area contributed by atoms with Gasteiger partial charge in [0, 0.05) is 24.7 Å². The van der Waals surface area contributed by atoms with Crippen LogP contribution in [-0.2, 0) is 0 Å². The van der Waals surface area contributed by atoms with Gasteiger partial charge < -0.3 is 10.5 Å². The van der Waals surface area contributed by atoms with Gasteiger partial charge in [-0.1, -0.05) is 6.07 Å². The third-order valence-corrected chi connectivity index (χ3v) is 4.95. The summed E-state index contributed by atoms with van der Waals surface area (Å²) in [6, 6.07) is 8.33. The Morgan fingerprint density at radius 2 is 1.71 bits per heavy atom. The number of piperidine rings is 1. The third kappa shape index (κ3) is 3.58. The lowest BCUT2D eigenvalue weighted by atomic mass is 9.98. The smallest absolute Gasteiger partial charge is 0.119 e. The highest BCUT2D eigenvalue weighted by Crippen LogP contribution is 2.34. The van der Waals surface area contributed by atoms with Gasteiger partial charge in [0.1, 0.15) is 5.75 Å².